The fourth-order valence-corrected chi connectivity index (χ4v) is 2.30. The van der Waals surface area contributed by atoms with Crippen molar-refractivity contribution in [3.63, 3.8) is 0 Å². The molecule has 0 saturated carbocycles. The zero-order chi connectivity index (χ0) is 14.8. The second kappa shape index (κ2) is 5.55. The van der Waals surface area contributed by atoms with Gasteiger partial charge in [0.15, 0.2) is 0 Å². The normalized spacial score (nSPS) is 11.2. The molecular weight excluding hydrogens is 266 g/mol. The summed E-state index contributed by atoms with van der Waals surface area (Å²) in [6.45, 7) is 6.77. The lowest BCUT2D eigenvalue weighted by molar-refractivity contribution is 0.530. The standard InChI is InChI=1S/C15H19N5O/c1-9-6-7-12-14(10(9)2)18-13(17-12)5-4-8-16-15-20-19-11(3)21-15/h6-7H,4-5,8H2,1-3H3,(H,16,20)(H,17,18). The summed E-state index contributed by atoms with van der Waals surface area (Å²) >= 11 is 0. The van der Waals surface area contributed by atoms with Crippen molar-refractivity contribution in [3.05, 3.63) is 35.0 Å². The number of aromatic nitrogens is 4. The van der Waals surface area contributed by atoms with Crippen LogP contribution in [0.5, 0.6) is 0 Å². The van der Waals surface area contributed by atoms with E-state index in [9.17, 15) is 0 Å². The average Bonchev–Trinajstić information content (AvgIpc) is 3.06. The summed E-state index contributed by atoms with van der Waals surface area (Å²) in [4.78, 5) is 8.06. The van der Waals surface area contributed by atoms with E-state index in [-0.39, 0.29) is 0 Å². The molecule has 6 nitrogen and oxygen atoms in total. The monoisotopic (exact) mass is 285 g/mol. The lowest BCUT2D eigenvalue weighted by Crippen LogP contribution is -2.03. The first-order valence-electron chi connectivity index (χ1n) is 7.12. The fourth-order valence-electron chi connectivity index (χ4n) is 2.30. The van der Waals surface area contributed by atoms with Crippen LogP contribution in [-0.4, -0.2) is 26.7 Å². The number of nitrogens with zero attached hydrogens (tertiary/aromatic N) is 3. The van der Waals surface area contributed by atoms with Gasteiger partial charge in [-0.25, -0.2) is 4.98 Å². The van der Waals surface area contributed by atoms with Crippen molar-refractivity contribution < 1.29 is 4.42 Å². The Morgan fingerprint density at radius 3 is 2.81 bits per heavy atom. The van der Waals surface area contributed by atoms with E-state index in [0.717, 1.165) is 36.2 Å². The molecule has 1 aromatic carbocycles. The molecule has 0 unspecified atom stereocenters. The zero-order valence-corrected chi connectivity index (χ0v) is 12.5. The number of hydrogen-bond acceptors (Lipinski definition) is 5. The van der Waals surface area contributed by atoms with Crippen LogP contribution in [0, 0.1) is 20.8 Å². The van der Waals surface area contributed by atoms with Crippen LogP contribution in [0.3, 0.4) is 0 Å². The van der Waals surface area contributed by atoms with Crippen LogP contribution in [0.4, 0.5) is 6.01 Å². The quantitative estimate of drug-likeness (QED) is 0.705. The molecule has 3 rings (SSSR count). The number of H-pyrrole nitrogens is 1. The van der Waals surface area contributed by atoms with Gasteiger partial charge in [-0.05, 0) is 37.5 Å². The molecule has 2 aromatic heterocycles. The molecule has 0 aliphatic heterocycles. The number of anilines is 1. The van der Waals surface area contributed by atoms with Crippen molar-refractivity contribution in [1.82, 2.24) is 20.2 Å². The molecule has 0 amide bonds. The number of hydrogen-bond donors (Lipinski definition) is 2. The Bertz CT molecular complexity index is 759. The van der Waals surface area contributed by atoms with Crippen molar-refractivity contribution in [3.8, 4) is 0 Å². The summed E-state index contributed by atoms with van der Waals surface area (Å²) in [6, 6.07) is 4.69. The van der Waals surface area contributed by atoms with Crippen molar-refractivity contribution in [2.24, 2.45) is 0 Å². The second-order valence-electron chi connectivity index (χ2n) is 5.24. The third-order valence-electron chi connectivity index (χ3n) is 3.62. The molecule has 21 heavy (non-hydrogen) atoms. The number of fused-ring (bicyclic) bond motifs is 1. The van der Waals surface area contributed by atoms with E-state index in [0.29, 0.717) is 11.9 Å². The first-order chi connectivity index (χ1) is 10.1. The molecule has 110 valence electrons. The molecule has 0 bridgehead atoms. The second-order valence-corrected chi connectivity index (χ2v) is 5.24. The molecular formula is C15H19N5O. The third kappa shape index (κ3) is 2.89. The van der Waals surface area contributed by atoms with E-state index in [1.807, 2.05) is 0 Å². The first kappa shape index (κ1) is 13.6. The summed E-state index contributed by atoms with van der Waals surface area (Å²) in [6.07, 6.45) is 1.83. The predicted octanol–water partition coefficient (Wildman–Crippen LogP) is 2.92. The molecule has 0 aliphatic carbocycles. The van der Waals surface area contributed by atoms with Gasteiger partial charge in [0.2, 0.25) is 5.89 Å². The molecule has 3 aromatic rings. The van der Waals surface area contributed by atoms with Gasteiger partial charge in [0, 0.05) is 19.9 Å². The number of benzene rings is 1. The van der Waals surface area contributed by atoms with E-state index < -0.39 is 0 Å². The van der Waals surface area contributed by atoms with Crippen LogP contribution in [0.2, 0.25) is 0 Å². The van der Waals surface area contributed by atoms with Crippen LogP contribution < -0.4 is 5.32 Å². The van der Waals surface area contributed by atoms with Crippen LogP contribution in [0.1, 0.15) is 29.3 Å². The number of nitrogens with one attached hydrogen (secondary N) is 2. The maximum absolute atomic E-state index is 5.26. The molecule has 0 fully saturated rings. The largest absolute Gasteiger partial charge is 0.408 e. The molecule has 0 atom stereocenters. The summed E-state index contributed by atoms with van der Waals surface area (Å²) in [5.74, 6) is 1.59. The molecule has 0 radical (unpaired) electrons. The molecule has 2 heterocycles. The highest BCUT2D eigenvalue weighted by Crippen LogP contribution is 2.19. The first-order valence-corrected chi connectivity index (χ1v) is 7.12. The Kier molecular flexibility index (Phi) is 3.60. The zero-order valence-electron chi connectivity index (χ0n) is 12.5. The topological polar surface area (TPSA) is 79.6 Å². The van der Waals surface area contributed by atoms with E-state index >= 15 is 0 Å². The van der Waals surface area contributed by atoms with Gasteiger partial charge in [0.25, 0.3) is 0 Å². The maximum atomic E-state index is 5.26. The van der Waals surface area contributed by atoms with Gasteiger partial charge < -0.3 is 14.7 Å². The highest BCUT2D eigenvalue weighted by molar-refractivity contribution is 5.79. The molecule has 0 aliphatic rings. The Morgan fingerprint density at radius 1 is 1.19 bits per heavy atom. The molecule has 2 N–H and O–H groups in total. The number of rotatable bonds is 5. The summed E-state index contributed by atoms with van der Waals surface area (Å²) in [5, 5.41) is 10.8. The number of aryl methyl sites for hydroxylation is 4. The van der Waals surface area contributed by atoms with E-state index in [4.69, 9.17) is 4.42 Å². The van der Waals surface area contributed by atoms with Gasteiger partial charge in [-0.1, -0.05) is 11.2 Å². The van der Waals surface area contributed by atoms with Crippen molar-refractivity contribution >= 4 is 17.0 Å². The minimum Gasteiger partial charge on any atom is -0.408 e. The van der Waals surface area contributed by atoms with E-state index in [2.05, 4.69) is 51.5 Å². The van der Waals surface area contributed by atoms with Gasteiger partial charge in [0.05, 0.1) is 11.0 Å². The predicted molar refractivity (Wildman–Crippen MR) is 81.4 cm³/mol. The fraction of sp³-hybridized carbons (Fsp3) is 0.400. The highest BCUT2D eigenvalue weighted by atomic mass is 16.4. The van der Waals surface area contributed by atoms with Gasteiger partial charge in [-0.2, -0.15) is 0 Å². The third-order valence-corrected chi connectivity index (χ3v) is 3.62. The minimum absolute atomic E-state index is 0.476. The molecule has 0 saturated heterocycles. The molecule has 0 spiro atoms. The van der Waals surface area contributed by atoms with Gasteiger partial charge in [-0.3, -0.25) is 0 Å². The van der Waals surface area contributed by atoms with Crippen LogP contribution in [0.15, 0.2) is 16.5 Å². The minimum atomic E-state index is 0.476. The maximum Gasteiger partial charge on any atom is 0.315 e. The van der Waals surface area contributed by atoms with E-state index in [1.54, 1.807) is 6.92 Å². The Morgan fingerprint density at radius 2 is 2.05 bits per heavy atom. The number of imidazole rings is 1. The van der Waals surface area contributed by atoms with Crippen molar-refractivity contribution in [2.45, 2.75) is 33.6 Å². The van der Waals surface area contributed by atoms with E-state index in [1.165, 1.54) is 11.1 Å². The van der Waals surface area contributed by atoms with Gasteiger partial charge >= 0.3 is 6.01 Å². The van der Waals surface area contributed by atoms with Crippen LogP contribution in [-0.2, 0) is 6.42 Å². The Labute approximate surface area is 123 Å². The summed E-state index contributed by atoms with van der Waals surface area (Å²) in [5.41, 5.74) is 4.70. The molecule has 6 heteroatoms. The van der Waals surface area contributed by atoms with Gasteiger partial charge in [0.1, 0.15) is 5.82 Å². The van der Waals surface area contributed by atoms with Crippen molar-refractivity contribution in [2.75, 3.05) is 11.9 Å². The Balaban J connectivity index is 1.59. The number of aromatic amines is 1. The smallest absolute Gasteiger partial charge is 0.315 e. The SMILES string of the molecule is Cc1nnc(NCCCc2nc3c(C)c(C)ccc3[nH]2)o1. The van der Waals surface area contributed by atoms with Crippen LogP contribution in [0.25, 0.3) is 11.0 Å². The summed E-state index contributed by atoms with van der Waals surface area (Å²) < 4.78 is 5.26. The van der Waals surface area contributed by atoms with Gasteiger partial charge in [-0.15, -0.1) is 5.10 Å². The highest BCUT2D eigenvalue weighted by Gasteiger charge is 2.07. The lowest BCUT2D eigenvalue weighted by atomic mass is 10.1. The Hall–Kier alpha value is -2.37. The lowest BCUT2D eigenvalue weighted by Gasteiger charge is -1.99. The van der Waals surface area contributed by atoms with Crippen molar-refractivity contribution in [1.29, 1.82) is 0 Å². The average molecular weight is 285 g/mol. The summed E-state index contributed by atoms with van der Waals surface area (Å²) in [7, 11) is 0. The van der Waals surface area contributed by atoms with Crippen LogP contribution >= 0.6 is 0 Å².